The van der Waals surface area contributed by atoms with Gasteiger partial charge in [0.15, 0.2) is 11.5 Å². The molecule has 0 fully saturated rings. The van der Waals surface area contributed by atoms with Gasteiger partial charge in [-0.25, -0.2) is 18.4 Å². The summed E-state index contributed by atoms with van der Waals surface area (Å²) in [5, 5.41) is 18.6. The lowest BCUT2D eigenvalue weighted by atomic mass is 10.1. The number of primary sulfonamides is 1. The second kappa shape index (κ2) is 15.0. The molecular formula is C23H35N3O7S. The van der Waals surface area contributed by atoms with E-state index in [0.717, 1.165) is 11.3 Å². The summed E-state index contributed by atoms with van der Waals surface area (Å²) in [5.41, 5.74) is 0.854. The number of sulfonamides is 1. The molecule has 2 rings (SSSR count). The number of hydrogen-bond donors (Lipinski definition) is 4. The topological polar surface area (TPSA) is 149 Å². The van der Waals surface area contributed by atoms with Gasteiger partial charge in [0.1, 0.15) is 17.3 Å². The maximum absolute atomic E-state index is 11.7. The zero-order valence-corrected chi connectivity index (χ0v) is 20.9. The van der Waals surface area contributed by atoms with Gasteiger partial charge in [0.05, 0.1) is 13.7 Å². The molecule has 0 radical (unpaired) electrons. The summed E-state index contributed by atoms with van der Waals surface area (Å²) in [6, 6.07) is 12.7. The Bertz CT molecular complexity index is 1000. The van der Waals surface area contributed by atoms with Crippen molar-refractivity contribution in [1.29, 1.82) is 0 Å². The fraction of sp³-hybridized carbons (Fsp3) is 0.435. The smallest absolute Gasteiger partial charge is 0.404 e. The van der Waals surface area contributed by atoms with Gasteiger partial charge in [-0.15, -0.1) is 0 Å². The molecule has 0 aliphatic rings. The molecule has 0 spiro atoms. The average molecular weight is 498 g/mol. The van der Waals surface area contributed by atoms with Gasteiger partial charge in [-0.1, -0.05) is 18.2 Å². The standard InChI is InChI=1S/C20H28N2O5S.C3H7NO2/c1-4-26-17-7-5-6-8-18(17)27-12-11-22-15(2)13-16-9-10-19(25-3)20(14-16)28(21,23)24;1-2-4-3(5)6/h5-10,14-15,22H,4,11-13H2,1-3H3,(H2,21,23,24);4H,2H2,1H3,(H,5,6)/t15-;/m1./s1. The molecule has 0 aliphatic carbocycles. The molecule has 1 amide bonds. The van der Waals surface area contributed by atoms with E-state index >= 15 is 0 Å². The van der Waals surface area contributed by atoms with Crippen molar-refractivity contribution in [3.63, 3.8) is 0 Å². The van der Waals surface area contributed by atoms with Crippen LogP contribution in [-0.2, 0) is 16.4 Å². The van der Waals surface area contributed by atoms with Crippen molar-refractivity contribution >= 4 is 16.1 Å². The Kier molecular flexibility index (Phi) is 12.8. The summed E-state index contributed by atoms with van der Waals surface area (Å²) < 4.78 is 39.9. The molecule has 0 heterocycles. The molecule has 2 aromatic carbocycles. The highest BCUT2D eigenvalue weighted by Crippen LogP contribution is 2.26. The third-order valence-electron chi connectivity index (χ3n) is 4.41. The quantitative estimate of drug-likeness (QED) is 0.327. The Balaban J connectivity index is 0.000000852. The highest BCUT2D eigenvalue weighted by molar-refractivity contribution is 7.89. The molecule has 0 aromatic heterocycles. The Labute approximate surface area is 201 Å². The zero-order chi connectivity index (χ0) is 25.6. The first-order valence-electron chi connectivity index (χ1n) is 10.9. The molecule has 0 bridgehead atoms. The normalized spacial score (nSPS) is 11.6. The van der Waals surface area contributed by atoms with E-state index in [1.54, 1.807) is 19.1 Å². The molecule has 0 saturated heterocycles. The monoisotopic (exact) mass is 497 g/mol. The summed E-state index contributed by atoms with van der Waals surface area (Å²) in [6.45, 7) is 7.87. The van der Waals surface area contributed by atoms with Crippen molar-refractivity contribution in [1.82, 2.24) is 10.6 Å². The van der Waals surface area contributed by atoms with E-state index in [0.29, 0.717) is 38.5 Å². The largest absolute Gasteiger partial charge is 0.495 e. The van der Waals surface area contributed by atoms with Crippen LogP contribution in [0.5, 0.6) is 17.2 Å². The van der Waals surface area contributed by atoms with Gasteiger partial charge in [-0.2, -0.15) is 0 Å². The van der Waals surface area contributed by atoms with Crippen molar-refractivity contribution in [2.24, 2.45) is 5.14 Å². The minimum atomic E-state index is -3.84. The number of carboxylic acid groups (broad SMARTS) is 1. The zero-order valence-electron chi connectivity index (χ0n) is 20.0. The molecule has 34 heavy (non-hydrogen) atoms. The summed E-state index contributed by atoms with van der Waals surface area (Å²) in [6.07, 6.45) is -0.320. The van der Waals surface area contributed by atoms with E-state index < -0.39 is 16.1 Å². The van der Waals surface area contributed by atoms with E-state index in [-0.39, 0.29) is 16.7 Å². The van der Waals surface area contributed by atoms with E-state index in [1.165, 1.54) is 7.11 Å². The maximum atomic E-state index is 11.7. The Morgan fingerprint density at radius 1 is 1.09 bits per heavy atom. The first kappa shape index (κ1) is 29.0. The summed E-state index contributed by atoms with van der Waals surface area (Å²) >= 11 is 0. The number of ether oxygens (including phenoxy) is 3. The first-order valence-corrected chi connectivity index (χ1v) is 12.4. The molecular weight excluding hydrogens is 462 g/mol. The second-order valence-corrected chi connectivity index (χ2v) is 8.68. The number of carbonyl (C=O) groups is 1. The third kappa shape index (κ3) is 10.7. The lowest BCUT2D eigenvalue weighted by molar-refractivity contribution is 0.195. The van der Waals surface area contributed by atoms with Crippen molar-refractivity contribution in [2.45, 2.75) is 38.1 Å². The molecule has 0 unspecified atom stereocenters. The van der Waals surface area contributed by atoms with Crippen molar-refractivity contribution < 1.29 is 32.5 Å². The minimum absolute atomic E-state index is 0.00411. The molecule has 190 valence electrons. The predicted molar refractivity (Wildman–Crippen MR) is 130 cm³/mol. The summed E-state index contributed by atoms with van der Waals surface area (Å²) in [7, 11) is -2.43. The SMILES string of the molecule is CCNC(=O)O.CCOc1ccccc1OCCN[C@H](C)Cc1ccc(OC)c(S(N)(=O)=O)c1. The van der Waals surface area contributed by atoms with Gasteiger partial charge >= 0.3 is 6.09 Å². The van der Waals surface area contributed by atoms with Crippen molar-refractivity contribution in [3.8, 4) is 17.2 Å². The number of nitrogens with one attached hydrogen (secondary N) is 2. The van der Waals surface area contributed by atoms with Crippen LogP contribution in [-0.4, -0.2) is 59.1 Å². The predicted octanol–water partition coefficient (Wildman–Crippen LogP) is 2.61. The molecule has 0 aliphatic heterocycles. The van der Waals surface area contributed by atoms with Crippen LogP contribution in [0.3, 0.4) is 0 Å². The van der Waals surface area contributed by atoms with Crippen LogP contribution < -0.4 is 30.0 Å². The van der Waals surface area contributed by atoms with Gasteiger partial charge in [0, 0.05) is 19.1 Å². The summed E-state index contributed by atoms with van der Waals surface area (Å²) in [4.78, 5) is 9.48. The second-order valence-electron chi connectivity index (χ2n) is 7.15. The molecule has 5 N–H and O–H groups in total. The Hall–Kier alpha value is -3.02. The molecule has 0 saturated carbocycles. The van der Waals surface area contributed by atoms with E-state index in [2.05, 4.69) is 10.6 Å². The van der Waals surface area contributed by atoms with E-state index in [1.807, 2.05) is 44.2 Å². The molecule has 1 atom stereocenters. The highest BCUT2D eigenvalue weighted by Gasteiger charge is 2.16. The minimum Gasteiger partial charge on any atom is -0.495 e. The highest BCUT2D eigenvalue weighted by atomic mass is 32.2. The summed E-state index contributed by atoms with van der Waals surface area (Å²) in [5.74, 6) is 1.69. The third-order valence-corrected chi connectivity index (χ3v) is 5.34. The molecule has 2 aromatic rings. The number of hydrogen-bond acceptors (Lipinski definition) is 7. The van der Waals surface area contributed by atoms with Crippen LogP contribution in [0.15, 0.2) is 47.4 Å². The van der Waals surface area contributed by atoms with Crippen LogP contribution in [0.1, 0.15) is 26.3 Å². The van der Waals surface area contributed by atoms with Gasteiger partial charge < -0.3 is 30.0 Å². The van der Waals surface area contributed by atoms with Gasteiger partial charge in [-0.05, 0) is 57.0 Å². The fourth-order valence-corrected chi connectivity index (χ4v) is 3.71. The number of rotatable bonds is 12. The van der Waals surface area contributed by atoms with Crippen LogP contribution in [0.25, 0.3) is 0 Å². The molecule has 10 nitrogen and oxygen atoms in total. The van der Waals surface area contributed by atoms with Gasteiger partial charge in [0.25, 0.3) is 0 Å². The Morgan fingerprint density at radius 2 is 1.74 bits per heavy atom. The average Bonchev–Trinajstić information content (AvgIpc) is 2.77. The van der Waals surface area contributed by atoms with Crippen molar-refractivity contribution in [3.05, 3.63) is 48.0 Å². The number of methoxy groups -OCH3 is 1. The lowest BCUT2D eigenvalue weighted by Crippen LogP contribution is -2.32. The van der Waals surface area contributed by atoms with E-state index in [4.69, 9.17) is 24.5 Å². The maximum Gasteiger partial charge on any atom is 0.404 e. The van der Waals surface area contributed by atoms with Crippen LogP contribution in [0, 0.1) is 0 Å². The van der Waals surface area contributed by atoms with Crippen molar-refractivity contribution in [2.75, 3.05) is 33.4 Å². The van der Waals surface area contributed by atoms with Crippen LogP contribution in [0.4, 0.5) is 4.79 Å². The fourth-order valence-electron chi connectivity index (χ4n) is 2.96. The number of nitrogens with two attached hydrogens (primary N) is 1. The number of amides is 1. The molecule has 11 heteroatoms. The first-order chi connectivity index (χ1) is 16.1. The Morgan fingerprint density at radius 3 is 2.24 bits per heavy atom. The van der Waals surface area contributed by atoms with E-state index in [9.17, 15) is 13.2 Å². The van der Waals surface area contributed by atoms with Gasteiger partial charge in [-0.3, -0.25) is 0 Å². The lowest BCUT2D eigenvalue weighted by Gasteiger charge is -2.16. The van der Waals surface area contributed by atoms with Crippen LogP contribution >= 0.6 is 0 Å². The number of para-hydroxylation sites is 2. The number of benzene rings is 2. The van der Waals surface area contributed by atoms with Gasteiger partial charge in [0.2, 0.25) is 10.0 Å². The van der Waals surface area contributed by atoms with Crippen LogP contribution in [0.2, 0.25) is 0 Å².